The molecule has 4 aromatic rings. The van der Waals surface area contributed by atoms with Crippen LogP contribution in [0.25, 0.3) is 10.9 Å². The van der Waals surface area contributed by atoms with Gasteiger partial charge in [-0.05, 0) is 55.3 Å². The number of carbonyl (C=O) groups is 3. The van der Waals surface area contributed by atoms with E-state index < -0.39 is 23.6 Å². The van der Waals surface area contributed by atoms with Crippen molar-refractivity contribution in [3.63, 3.8) is 0 Å². The number of carboxylic acid groups (broad SMARTS) is 1. The number of halogens is 3. The predicted octanol–water partition coefficient (Wildman–Crippen LogP) is 4.58. The Labute approximate surface area is 273 Å². The van der Waals surface area contributed by atoms with E-state index in [0.717, 1.165) is 11.1 Å². The second-order valence-electron chi connectivity index (χ2n) is 10.2. The normalized spacial score (nSPS) is 11.6. The minimum absolute atomic E-state index is 0.0909. The monoisotopic (exact) mass is 672 g/mol. The molecule has 0 unspecified atom stereocenters. The first-order valence-corrected chi connectivity index (χ1v) is 14.4. The van der Waals surface area contributed by atoms with Crippen molar-refractivity contribution in [3.05, 3.63) is 99.3 Å². The number of alkyl halides is 3. The molecule has 12 nitrogen and oxygen atoms in total. The molecule has 4 rings (SSSR count). The van der Waals surface area contributed by atoms with Gasteiger partial charge in [-0.3, -0.25) is 14.4 Å². The molecule has 15 heteroatoms. The molecule has 256 valence electrons. The Bertz CT molecular complexity index is 1800. The number of aromatic amines is 1. The summed E-state index contributed by atoms with van der Waals surface area (Å²) in [6.07, 6.45) is -4.51. The third-order valence-electron chi connectivity index (χ3n) is 6.87. The SMILES string of the molecule is COCCOc1cc2cc(C(=O)Nc3cc(C(=O)N[C@@H](CCN)c4ccccc4)ccc3C)c(=O)[nH]c2cc1OC.O=C(O)C(F)(F)F. The van der Waals surface area contributed by atoms with E-state index >= 15 is 0 Å². The number of ether oxygens (including phenoxy) is 3. The van der Waals surface area contributed by atoms with Crippen molar-refractivity contribution in [2.45, 2.75) is 25.6 Å². The number of anilines is 1. The Kier molecular flexibility index (Phi) is 13.1. The Morgan fingerprint density at radius 1 is 0.958 bits per heavy atom. The molecule has 0 spiro atoms. The van der Waals surface area contributed by atoms with Crippen LogP contribution >= 0.6 is 0 Å². The second-order valence-corrected chi connectivity index (χ2v) is 10.2. The summed E-state index contributed by atoms with van der Waals surface area (Å²) in [6.45, 7) is 2.90. The first-order valence-electron chi connectivity index (χ1n) is 14.4. The van der Waals surface area contributed by atoms with E-state index in [9.17, 15) is 27.6 Å². The van der Waals surface area contributed by atoms with E-state index in [1.807, 2.05) is 30.3 Å². The number of nitrogens with one attached hydrogen (secondary N) is 3. The number of hydrogen-bond acceptors (Lipinski definition) is 8. The van der Waals surface area contributed by atoms with Gasteiger partial charge in [-0.15, -0.1) is 0 Å². The summed E-state index contributed by atoms with van der Waals surface area (Å²) in [6, 6.07) is 19.2. The van der Waals surface area contributed by atoms with Crippen molar-refractivity contribution >= 4 is 34.4 Å². The van der Waals surface area contributed by atoms with Crippen LogP contribution in [0.5, 0.6) is 11.5 Å². The number of aliphatic carboxylic acids is 1. The Morgan fingerprint density at radius 2 is 1.65 bits per heavy atom. The summed E-state index contributed by atoms with van der Waals surface area (Å²) in [5.74, 6) is -2.79. The summed E-state index contributed by atoms with van der Waals surface area (Å²) < 4.78 is 47.9. The second kappa shape index (κ2) is 16.9. The molecule has 0 saturated carbocycles. The topological polar surface area (TPSA) is 182 Å². The van der Waals surface area contributed by atoms with Gasteiger partial charge in [-0.1, -0.05) is 36.4 Å². The van der Waals surface area contributed by atoms with Gasteiger partial charge >= 0.3 is 12.1 Å². The molecule has 0 fully saturated rings. The highest BCUT2D eigenvalue weighted by Gasteiger charge is 2.38. The molecule has 0 saturated heterocycles. The maximum Gasteiger partial charge on any atom is 0.490 e. The fraction of sp³-hybridized carbons (Fsp3) is 0.273. The van der Waals surface area contributed by atoms with Gasteiger partial charge in [0, 0.05) is 29.8 Å². The summed E-state index contributed by atoms with van der Waals surface area (Å²) in [5, 5.41) is 13.5. The van der Waals surface area contributed by atoms with Crippen molar-refractivity contribution < 1.29 is 46.9 Å². The number of aromatic nitrogens is 1. The van der Waals surface area contributed by atoms with Gasteiger partial charge in [0.05, 0.1) is 25.3 Å². The number of aryl methyl sites for hydroxylation is 1. The van der Waals surface area contributed by atoms with Crippen LogP contribution in [0.3, 0.4) is 0 Å². The van der Waals surface area contributed by atoms with Crippen LogP contribution in [0.1, 0.15) is 44.3 Å². The molecular weight excluding hydrogens is 637 g/mol. The van der Waals surface area contributed by atoms with Crippen molar-refractivity contribution in [2.24, 2.45) is 5.73 Å². The van der Waals surface area contributed by atoms with Gasteiger partial charge in [-0.25, -0.2) is 4.79 Å². The summed E-state index contributed by atoms with van der Waals surface area (Å²) in [4.78, 5) is 50.9. The van der Waals surface area contributed by atoms with Gasteiger partial charge < -0.3 is 40.7 Å². The number of methoxy groups -OCH3 is 2. The van der Waals surface area contributed by atoms with Crippen LogP contribution in [0.2, 0.25) is 0 Å². The molecule has 1 atom stereocenters. The average Bonchev–Trinajstić information content (AvgIpc) is 3.05. The molecule has 3 aromatic carbocycles. The zero-order valence-electron chi connectivity index (χ0n) is 26.3. The molecule has 0 aliphatic rings. The van der Waals surface area contributed by atoms with E-state index in [2.05, 4.69) is 15.6 Å². The van der Waals surface area contributed by atoms with Gasteiger partial charge in [0.15, 0.2) is 11.5 Å². The highest BCUT2D eigenvalue weighted by molar-refractivity contribution is 6.07. The molecule has 0 aliphatic carbocycles. The molecule has 1 aromatic heterocycles. The third kappa shape index (κ3) is 10.0. The zero-order chi connectivity index (χ0) is 35.4. The number of carboxylic acids is 1. The summed E-state index contributed by atoms with van der Waals surface area (Å²) in [5.41, 5.74) is 8.07. The van der Waals surface area contributed by atoms with Gasteiger partial charge in [-0.2, -0.15) is 13.2 Å². The largest absolute Gasteiger partial charge is 0.493 e. The highest BCUT2D eigenvalue weighted by Crippen LogP contribution is 2.31. The lowest BCUT2D eigenvalue weighted by atomic mass is 10.0. The molecule has 0 bridgehead atoms. The predicted molar refractivity (Wildman–Crippen MR) is 172 cm³/mol. The van der Waals surface area contributed by atoms with E-state index in [0.29, 0.717) is 59.8 Å². The van der Waals surface area contributed by atoms with Crippen LogP contribution in [-0.4, -0.2) is 68.0 Å². The Hall–Kier alpha value is -5.41. The molecule has 2 amide bonds. The number of hydrogen-bond donors (Lipinski definition) is 5. The Balaban J connectivity index is 0.000000804. The zero-order valence-corrected chi connectivity index (χ0v) is 26.3. The van der Waals surface area contributed by atoms with Crippen LogP contribution < -0.4 is 31.4 Å². The first kappa shape index (κ1) is 37.1. The third-order valence-corrected chi connectivity index (χ3v) is 6.87. The summed E-state index contributed by atoms with van der Waals surface area (Å²) in [7, 11) is 3.07. The van der Waals surface area contributed by atoms with Crippen LogP contribution in [0.15, 0.2) is 71.5 Å². The smallest absolute Gasteiger partial charge is 0.490 e. The van der Waals surface area contributed by atoms with Crippen LogP contribution in [-0.2, 0) is 9.53 Å². The number of fused-ring (bicyclic) bond motifs is 1. The molecule has 0 radical (unpaired) electrons. The van der Waals surface area contributed by atoms with E-state index in [1.54, 1.807) is 44.4 Å². The van der Waals surface area contributed by atoms with Gasteiger partial charge in [0.25, 0.3) is 17.4 Å². The summed E-state index contributed by atoms with van der Waals surface area (Å²) >= 11 is 0. The molecule has 1 heterocycles. The van der Waals surface area contributed by atoms with E-state index in [4.69, 9.17) is 29.8 Å². The minimum atomic E-state index is -5.08. The van der Waals surface area contributed by atoms with Crippen molar-refractivity contribution in [2.75, 3.05) is 39.3 Å². The lowest BCUT2D eigenvalue weighted by Gasteiger charge is -2.19. The van der Waals surface area contributed by atoms with Gasteiger partial charge in [0.2, 0.25) is 0 Å². The number of nitrogens with two attached hydrogens (primary N) is 1. The number of rotatable bonds is 12. The maximum absolute atomic E-state index is 13.3. The van der Waals surface area contributed by atoms with E-state index in [-0.39, 0.29) is 17.5 Å². The lowest BCUT2D eigenvalue weighted by Crippen LogP contribution is -2.30. The Morgan fingerprint density at radius 3 is 2.25 bits per heavy atom. The molecule has 0 aliphatic heterocycles. The number of carbonyl (C=O) groups excluding carboxylic acids is 2. The van der Waals surface area contributed by atoms with Crippen LogP contribution in [0.4, 0.5) is 18.9 Å². The number of amides is 2. The number of benzene rings is 3. The number of H-pyrrole nitrogens is 1. The van der Waals surface area contributed by atoms with Gasteiger partial charge in [0.1, 0.15) is 12.2 Å². The fourth-order valence-corrected chi connectivity index (χ4v) is 4.39. The maximum atomic E-state index is 13.3. The minimum Gasteiger partial charge on any atom is -0.493 e. The standard InChI is InChI=1S/C31H34N4O6.C2HF3O2/c1-19-9-10-21(29(36)33-24(11-12-32)20-7-5-4-6-8-20)16-25(19)34-30(37)23-15-22-17-28(41-14-13-39-2)27(40-3)18-26(22)35-31(23)38;3-2(4,5)1(6)7/h4-10,15-18,24H,11-14,32H2,1-3H3,(H,33,36)(H,34,37)(H,35,38);(H,6,7)/t24-;/m0./s1. The van der Waals surface area contributed by atoms with Crippen LogP contribution in [0, 0.1) is 6.92 Å². The molecule has 6 N–H and O–H groups in total. The van der Waals surface area contributed by atoms with Crippen molar-refractivity contribution in [1.29, 1.82) is 0 Å². The number of pyridine rings is 1. The van der Waals surface area contributed by atoms with Crippen molar-refractivity contribution in [1.82, 2.24) is 10.3 Å². The molecule has 48 heavy (non-hydrogen) atoms. The average molecular weight is 673 g/mol. The first-order chi connectivity index (χ1) is 22.8. The van der Waals surface area contributed by atoms with Crippen molar-refractivity contribution in [3.8, 4) is 11.5 Å². The molecular formula is C33H35F3N4O8. The van der Waals surface area contributed by atoms with E-state index in [1.165, 1.54) is 13.2 Å². The highest BCUT2D eigenvalue weighted by atomic mass is 19.4. The lowest BCUT2D eigenvalue weighted by molar-refractivity contribution is -0.192. The quantitative estimate of drug-likeness (QED) is 0.135. The fourth-order valence-electron chi connectivity index (χ4n) is 4.39.